The standard InChI is InChI=1S/C15H14BrFN2O3S/c16-11-1-5-13(6-2-11)19-15(20)9-10-18-23(21,22)14-7-3-12(17)4-8-14/h1-8,18H,9-10H2,(H,19,20). The molecule has 8 heteroatoms. The molecule has 0 saturated carbocycles. The molecule has 0 aromatic heterocycles. The number of rotatable bonds is 6. The average molecular weight is 401 g/mol. The van der Waals surface area contributed by atoms with Crippen molar-refractivity contribution < 1.29 is 17.6 Å². The maximum atomic E-state index is 12.8. The zero-order chi connectivity index (χ0) is 16.9. The van der Waals surface area contributed by atoms with Gasteiger partial charge in [-0.3, -0.25) is 4.79 Å². The van der Waals surface area contributed by atoms with E-state index in [1.165, 1.54) is 12.1 Å². The van der Waals surface area contributed by atoms with E-state index in [0.717, 1.165) is 16.6 Å². The van der Waals surface area contributed by atoms with E-state index in [9.17, 15) is 17.6 Å². The van der Waals surface area contributed by atoms with Crippen LogP contribution in [0.5, 0.6) is 0 Å². The molecule has 122 valence electrons. The van der Waals surface area contributed by atoms with Crippen LogP contribution in [0.1, 0.15) is 6.42 Å². The molecule has 0 fully saturated rings. The molecule has 2 aromatic rings. The second-order valence-corrected chi connectivity index (χ2v) is 7.34. The van der Waals surface area contributed by atoms with Crippen LogP contribution in [0.2, 0.25) is 0 Å². The summed E-state index contributed by atoms with van der Waals surface area (Å²) in [5, 5.41) is 2.66. The van der Waals surface area contributed by atoms with Crippen molar-refractivity contribution in [1.82, 2.24) is 4.72 Å². The minimum atomic E-state index is -3.75. The third kappa shape index (κ3) is 5.42. The molecule has 0 atom stereocenters. The van der Waals surface area contributed by atoms with Crippen LogP contribution in [0.3, 0.4) is 0 Å². The van der Waals surface area contributed by atoms with E-state index in [1.54, 1.807) is 24.3 Å². The molecule has 23 heavy (non-hydrogen) atoms. The average Bonchev–Trinajstić information content (AvgIpc) is 2.50. The summed E-state index contributed by atoms with van der Waals surface area (Å²) in [6, 6.07) is 11.5. The van der Waals surface area contributed by atoms with Gasteiger partial charge in [-0.15, -0.1) is 0 Å². The van der Waals surface area contributed by atoms with Crippen LogP contribution in [-0.2, 0) is 14.8 Å². The predicted octanol–water partition coefficient (Wildman–Crippen LogP) is 2.90. The van der Waals surface area contributed by atoms with Crippen LogP contribution in [0, 0.1) is 5.82 Å². The third-order valence-corrected chi connectivity index (χ3v) is 4.90. The number of carbonyl (C=O) groups is 1. The van der Waals surface area contributed by atoms with Gasteiger partial charge in [-0.05, 0) is 48.5 Å². The van der Waals surface area contributed by atoms with Crippen molar-refractivity contribution in [2.24, 2.45) is 0 Å². The first kappa shape index (κ1) is 17.6. The Hall–Kier alpha value is -1.77. The number of anilines is 1. The predicted molar refractivity (Wildman–Crippen MR) is 89.0 cm³/mol. The van der Waals surface area contributed by atoms with Gasteiger partial charge in [0.2, 0.25) is 15.9 Å². The van der Waals surface area contributed by atoms with Gasteiger partial charge in [0.15, 0.2) is 0 Å². The van der Waals surface area contributed by atoms with Crippen molar-refractivity contribution in [3.05, 3.63) is 58.8 Å². The summed E-state index contributed by atoms with van der Waals surface area (Å²) in [5.41, 5.74) is 0.625. The maximum Gasteiger partial charge on any atom is 0.240 e. The van der Waals surface area contributed by atoms with Crippen molar-refractivity contribution in [3.63, 3.8) is 0 Å². The zero-order valence-electron chi connectivity index (χ0n) is 11.9. The first-order valence-corrected chi connectivity index (χ1v) is 8.95. The Morgan fingerprint density at radius 1 is 1.04 bits per heavy atom. The van der Waals surface area contributed by atoms with E-state index >= 15 is 0 Å². The molecule has 0 saturated heterocycles. The van der Waals surface area contributed by atoms with E-state index in [-0.39, 0.29) is 23.8 Å². The summed E-state index contributed by atoms with van der Waals surface area (Å²) in [7, 11) is -3.75. The summed E-state index contributed by atoms with van der Waals surface area (Å²) >= 11 is 3.29. The summed E-state index contributed by atoms with van der Waals surface area (Å²) in [4.78, 5) is 11.7. The first-order valence-electron chi connectivity index (χ1n) is 6.67. The molecule has 0 aliphatic rings. The van der Waals surface area contributed by atoms with Gasteiger partial charge in [0, 0.05) is 23.1 Å². The lowest BCUT2D eigenvalue weighted by Crippen LogP contribution is -2.27. The summed E-state index contributed by atoms with van der Waals surface area (Å²) in [6.45, 7) is -0.0535. The Morgan fingerprint density at radius 2 is 1.65 bits per heavy atom. The second kappa shape index (κ2) is 7.67. The lowest BCUT2D eigenvalue weighted by atomic mass is 10.3. The van der Waals surface area contributed by atoms with Crippen LogP contribution < -0.4 is 10.0 Å². The first-order chi connectivity index (χ1) is 10.9. The van der Waals surface area contributed by atoms with Crippen molar-refractivity contribution >= 4 is 37.5 Å². The molecule has 0 unspecified atom stereocenters. The summed E-state index contributed by atoms with van der Waals surface area (Å²) in [6.07, 6.45) is -0.0174. The van der Waals surface area contributed by atoms with Crippen LogP contribution in [0.4, 0.5) is 10.1 Å². The molecule has 0 bridgehead atoms. The second-order valence-electron chi connectivity index (χ2n) is 4.66. The SMILES string of the molecule is O=C(CCNS(=O)(=O)c1ccc(F)cc1)Nc1ccc(Br)cc1. The Bertz CT molecular complexity index is 777. The molecule has 0 aliphatic heterocycles. The molecule has 0 radical (unpaired) electrons. The molecule has 2 N–H and O–H groups in total. The number of amides is 1. The largest absolute Gasteiger partial charge is 0.326 e. The number of hydrogen-bond acceptors (Lipinski definition) is 3. The van der Waals surface area contributed by atoms with Gasteiger partial charge in [-0.2, -0.15) is 0 Å². The highest BCUT2D eigenvalue weighted by atomic mass is 79.9. The molecule has 0 aliphatic carbocycles. The maximum absolute atomic E-state index is 12.8. The Morgan fingerprint density at radius 3 is 2.26 bits per heavy atom. The van der Waals surface area contributed by atoms with Crippen LogP contribution in [-0.4, -0.2) is 20.9 Å². The smallest absolute Gasteiger partial charge is 0.240 e. The van der Waals surface area contributed by atoms with Crippen molar-refractivity contribution in [3.8, 4) is 0 Å². The van der Waals surface area contributed by atoms with E-state index in [4.69, 9.17) is 0 Å². The molecule has 0 heterocycles. The molecular formula is C15H14BrFN2O3S. The fourth-order valence-corrected chi connectivity index (χ4v) is 3.05. The van der Waals surface area contributed by atoms with E-state index in [0.29, 0.717) is 5.69 Å². The van der Waals surface area contributed by atoms with Crippen LogP contribution in [0.25, 0.3) is 0 Å². The fourth-order valence-electron chi connectivity index (χ4n) is 1.75. The van der Waals surface area contributed by atoms with Crippen LogP contribution in [0.15, 0.2) is 57.9 Å². The minimum Gasteiger partial charge on any atom is -0.326 e. The Kier molecular flexibility index (Phi) is 5.86. The monoisotopic (exact) mass is 400 g/mol. The van der Waals surface area contributed by atoms with Gasteiger partial charge in [0.05, 0.1) is 4.90 Å². The number of hydrogen-bond donors (Lipinski definition) is 2. The van der Waals surface area contributed by atoms with Gasteiger partial charge < -0.3 is 5.32 Å². The fraction of sp³-hybridized carbons (Fsp3) is 0.133. The number of sulfonamides is 1. The van der Waals surface area contributed by atoms with Gasteiger partial charge >= 0.3 is 0 Å². The summed E-state index contributed by atoms with van der Waals surface area (Å²) in [5.74, 6) is -0.827. The highest BCUT2D eigenvalue weighted by molar-refractivity contribution is 9.10. The highest BCUT2D eigenvalue weighted by Crippen LogP contribution is 2.14. The minimum absolute atomic E-state index is 0.0174. The topological polar surface area (TPSA) is 75.3 Å². The molecule has 0 spiro atoms. The number of halogens is 2. The van der Waals surface area contributed by atoms with Gasteiger partial charge in [-0.1, -0.05) is 15.9 Å². The van der Waals surface area contributed by atoms with E-state index in [1.807, 2.05) is 0 Å². The summed E-state index contributed by atoms with van der Waals surface area (Å²) < 4.78 is 39.9. The van der Waals surface area contributed by atoms with Crippen molar-refractivity contribution in [2.45, 2.75) is 11.3 Å². The lowest BCUT2D eigenvalue weighted by Gasteiger charge is -2.08. The van der Waals surface area contributed by atoms with Gasteiger partial charge in [0.25, 0.3) is 0 Å². The number of carbonyl (C=O) groups excluding carboxylic acids is 1. The number of benzene rings is 2. The Labute approximate surface area is 142 Å². The molecule has 2 rings (SSSR count). The molecule has 2 aromatic carbocycles. The lowest BCUT2D eigenvalue weighted by molar-refractivity contribution is -0.116. The molecule has 1 amide bonds. The van der Waals surface area contributed by atoms with Crippen LogP contribution >= 0.6 is 15.9 Å². The van der Waals surface area contributed by atoms with Gasteiger partial charge in [0.1, 0.15) is 5.82 Å². The van der Waals surface area contributed by atoms with E-state index < -0.39 is 15.8 Å². The van der Waals surface area contributed by atoms with Crippen molar-refractivity contribution in [1.29, 1.82) is 0 Å². The van der Waals surface area contributed by atoms with Crippen molar-refractivity contribution in [2.75, 3.05) is 11.9 Å². The Balaban J connectivity index is 1.85. The highest BCUT2D eigenvalue weighted by Gasteiger charge is 2.14. The molecular weight excluding hydrogens is 387 g/mol. The number of nitrogens with one attached hydrogen (secondary N) is 2. The van der Waals surface area contributed by atoms with E-state index in [2.05, 4.69) is 26.0 Å². The van der Waals surface area contributed by atoms with Gasteiger partial charge in [-0.25, -0.2) is 17.5 Å². The normalized spacial score (nSPS) is 11.2. The third-order valence-electron chi connectivity index (χ3n) is 2.90. The molecule has 5 nitrogen and oxygen atoms in total. The zero-order valence-corrected chi connectivity index (χ0v) is 14.3. The quantitative estimate of drug-likeness (QED) is 0.782.